The Morgan fingerprint density at radius 3 is 0.763 bits per heavy atom. The predicted molar refractivity (Wildman–Crippen MR) is 161 cm³/mol. The zero-order valence-electron chi connectivity index (χ0n) is 21.1. The Morgan fingerprint density at radius 2 is 0.474 bits per heavy atom. The summed E-state index contributed by atoms with van der Waals surface area (Å²) < 4.78 is 0. The van der Waals surface area contributed by atoms with E-state index in [-0.39, 0.29) is 0 Å². The van der Waals surface area contributed by atoms with Crippen molar-refractivity contribution in [3.63, 3.8) is 0 Å². The number of rotatable bonds is 7. The fourth-order valence-electron chi connectivity index (χ4n) is 4.96. The van der Waals surface area contributed by atoms with Crippen LogP contribution in [-0.4, -0.2) is 0 Å². The van der Waals surface area contributed by atoms with Gasteiger partial charge in [-0.25, -0.2) is 0 Å². The second-order valence-electron chi connectivity index (χ2n) is 9.05. The number of benzene rings is 6. The molecule has 6 aromatic rings. The highest BCUT2D eigenvalue weighted by atomic mass is 15.2. The summed E-state index contributed by atoms with van der Waals surface area (Å²) in [6.45, 7) is 0. The van der Waals surface area contributed by atoms with E-state index in [1.165, 1.54) is 0 Å². The molecule has 0 amide bonds. The monoisotopic (exact) mass is 488 g/mol. The molecule has 6 rings (SSSR count). The maximum Gasteiger partial charge on any atom is 0.0540 e. The highest BCUT2D eigenvalue weighted by Crippen LogP contribution is 2.46. The quantitative estimate of drug-likeness (QED) is 0.220. The lowest BCUT2D eigenvalue weighted by Crippen LogP contribution is -2.13. The fraction of sp³-hybridized carbons (Fsp3) is 0. The minimum atomic E-state index is 1.12. The SMILES string of the molecule is c1ccc(N(c2ccccc2)c2ccccc2-c2ccccc2N(c2ccccc2)c2ccccc2)cc1. The molecule has 0 heterocycles. The van der Waals surface area contributed by atoms with Crippen molar-refractivity contribution in [2.75, 3.05) is 9.80 Å². The van der Waals surface area contributed by atoms with Crippen LogP contribution in [0.1, 0.15) is 0 Å². The van der Waals surface area contributed by atoms with E-state index in [1.807, 2.05) is 0 Å². The molecule has 38 heavy (non-hydrogen) atoms. The van der Waals surface area contributed by atoms with Gasteiger partial charge in [0.05, 0.1) is 11.4 Å². The van der Waals surface area contributed by atoms with Gasteiger partial charge in [0, 0.05) is 33.9 Å². The Kier molecular flexibility index (Phi) is 6.69. The van der Waals surface area contributed by atoms with E-state index in [9.17, 15) is 0 Å². The molecule has 0 aliphatic heterocycles. The molecule has 0 N–H and O–H groups in total. The molecular weight excluding hydrogens is 460 g/mol. The minimum absolute atomic E-state index is 1.12. The van der Waals surface area contributed by atoms with Crippen molar-refractivity contribution in [2.45, 2.75) is 0 Å². The molecule has 0 atom stereocenters. The van der Waals surface area contributed by atoms with Crippen molar-refractivity contribution in [1.82, 2.24) is 0 Å². The molecule has 6 aromatic carbocycles. The number of para-hydroxylation sites is 6. The van der Waals surface area contributed by atoms with E-state index in [0.29, 0.717) is 0 Å². The first-order valence-electron chi connectivity index (χ1n) is 12.9. The van der Waals surface area contributed by atoms with Crippen molar-refractivity contribution >= 4 is 34.1 Å². The van der Waals surface area contributed by atoms with Gasteiger partial charge < -0.3 is 9.80 Å². The van der Waals surface area contributed by atoms with Crippen molar-refractivity contribution in [2.24, 2.45) is 0 Å². The zero-order valence-corrected chi connectivity index (χ0v) is 21.1. The van der Waals surface area contributed by atoms with E-state index < -0.39 is 0 Å². The third-order valence-electron chi connectivity index (χ3n) is 6.64. The molecular formula is C36H28N2. The summed E-state index contributed by atoms with van der Waals surface area (Å²) in [7, 11) is 0. The second kappa shape index (κ2) is 10.9. The van der Waals surface area contributed by atoms with Gasteiger partial charge in [-0.2, -0.15) is 0 Å². The molecule has 0 aliphatic rings. The van der Waals surface area contributed by atoms with Crippen molar-refractivity contribution in [3.05, 3.63) is 170 Å². The molecule has 0 spiro atoms. The molecule has 0 bridgehead atoms. The van der Waals surface area contributed by atoms with Gasteiger partial charge in [0.25, 0.3) is 0 Å². The van der Waals surface area contributed by atoms with Gasteiger partial charge in [-0.1, -0.05) is 109 Å². The van der Waals surface area contributed by atoms with Gasteiger partial charge in [0.2, 0.25) is 0 Å². The Labute approximate surface area is 224 Å². The van der Waals surface area contributed by atoms with E-state index in [2.05, 4.69) is 180 Å². The smallest absolute Gasteiger partial charge is 0.0540 e. The molecule has 182 valence electrons. The summed E-state index contributed by atoms with van der Waals surface area (Å²) in [5.74, 6) is 0. The topological polar surface area (TPSA) is 6.48 Å². The molecule has 0 unspecified atom stereocenters. The van der Waals surface area contributed by atoms with Gasteiger partial charge >= 0.3 is 0 Å². The van der Waals surface area contributed by atoms with Crippen LogP contribution in [-0.2, 0) is 0 Å². The molecule has 0 radical (unpaired) electrons. The van der Waals surface area contributed by atoms with E-state index in [0.717, 1.165) is 45.3 Å². The largest absolute Gasteiger partial charge is 0.310 e. The Balaban J connectivity index is 1.58. The lowest BCUT2D eigenvalue weighted by molar-refractivity contribution is 1.27. The lowest BCUT2D eigenvalue weighted by atomic mass is 9.98. The summed E-state index contributed by atoms with van der Waals surface area (Å²) in [6, 6.07) is 59.6. The zero-order chi connectivity index (χ0) is 25.6. The molecule has 0 aliphatic carbocycles. The van der Waals surface area contributed by atoms with Crippen molar-refractivity contribution in [1.29, 1.82) is 0 Å². The average molecular weight is 489 g/mol. The standard InChI is InChI=1S/C36H28N2/c1-5-17-29(18-6-1)37(30-19-7-2-8-20-30)35-27-15-13-25-33(35)34-26-14-16-28-36(34)38(31-21-9-3-10-22-31)32-23-11-4-12-24-32/h1-28H. The van der Waals surface area contributed by atoms with Crippen LogP contribution in [0, 0.1) is 0 Å². The third kappa shape index (κ3) is 4.68. The first-order valence-corrected chi connectivity index (χ1v) is 12.9. The number of nitrogens with zero attached hydrogens (tertiary/aromatic N) is 2. The van der Waals surface area contributed by atoms with E-state index in [1.54, 1.807) is 0 Å². The molecule has 2 heteroatoms. The normalized spacial score (nSPS) is 10.6. The highest BCUT2D eigenvalue weighted by Gasteiger charge is 2.21. The van der Waals surface area contributed by atoms with Gasteiger partial charge in [-0.05, 0) is 60.7 Å². The van der Waals surface area contributed by atoms with Crippen LogP contribution in [0.5, 0.6) is 0 Å². The van der Waals surface area contributed by atoms with Gasteiger partial charge in [-0.3, -0.25) is 0 Å². The summed E-state index contributed by atoms with van der Waals surface area (Å²) in [6.07, 6.45) is 0. The molecule has 2 nitrogen and oxygen atoms in total. The maximum absolute atomic E-state index is 2.33. The Morgan fingerprint density at radius 1 is 0.237 bits per heavy atom. The van der Waals surface area contributed by atoms with Crippen molar-refractivity contribution in [3.8, 4) is 11.1 Å². The first kappa shape index (κ1) is 23.3. The average Bonchev–Trinajstić information content (AvgIpc) is 3.00. The summed E-state index contributed by atoms with van der Waals surface area (Å²) in [5, 5.41) is 0. The van der Waals surface area contributed by atoms with Crippen LogP contribution in [0.3, 0.4) is 0 Å². The molecule has 0 saturated heterocycles. The van der Waals surface area contributed by atoms with Crippen LogP contribution in [0.2, 0.25) is 0 Å². The van der Waals surface area contributed by atoms with Crippen LogP contribution >= 0.6 is 0 Å². The minimum Gasteiger partial charge on any atom is -0.310 e. The molecule has 0 saturated carbocycles. The Bertz CT molecular complexity index is 1390. The van der Waals surface area contributed by atoms with Gasteiger partial charge in [-0.15, -0.1) is 0 Å². The van der Waals surface area contributed by atoms with E-state index in [4.69, 9.17) is 0 Å². The summed E-state index contributed by atoms with van der Waals surface area (Å²) in [5.41, 5.74) is 9.04. The maximum atomic E-state index is 2.33. The Hall–Kier alpha value is -5.08. The highest BCUT2D eigenvalue weighted by molar-refractivity contribution is 5.95. The van der Waals surface area contributed by atoms with E-state index >= 15 is 0 Å². The summed E-state index contributed by atoms with van der Waals surface area (Å²) in [4.78, 5) is 4.67. The van der Waals surface area contributed by atoms with Gasteiger partial charge in [0.15, 0.2) is 0 Å². The van der Waals surface area contributed by atoms with Crippen LogP contribution in [0.15, 0.2) is 170 Å². The molecule has 0 fully saturated rings. The van der Waals surface area contributed by atoms with Crippen LogP contribution in [0.4, 0.5) is 34.1 Å². The first-order chi connectivity index (χ1) is 18.9. The second-order valence-corrected chi connectivity index (χ2v) is 9.05. The van der Waals surface area contributed by atoms with Crippen LogP contribution in [0.25, 0.3) is 11.1 Å². The lowest BCUT2D eigenvalue weighted by Gasteiger charge is -2.31. The third-order valence-corrected chi connectivity index (χ3v) is 6.64. The number of hydrogen-bond acceptors (Lipinski definition) is 2. The number of anilines is 6. The summed E-state index contributed by atoms with van der Waals surface area (Å²) >= 11 is 0. The van der Waals surface area contributed by atoms with Crippen LogP contribution < -0.4 is 9.80 Å². The molecule has 0 aromatic heterocycles. The number of hydrogen-bond donors (Lipinski definition) is 0. The van der Waals surface area contributed by atoms with Crippen molar-refractivity contribution < 1.29 is 0 Å². The predicted octanol–water partition coefficient (Wildman–Crippen LogP) is 10.3. The van der Waals surface area contributed by atoms with Gasteiger partial charge in [0.1, 0.15) is 0 Å². The fourth-order valence-corrected chi connectivity index (χ4v) is 4.96.